The molecule has 11 aromatic rings. The predicted molar refractivity (Wildman–Crippen MR) is 232 cm³/mol. The minimum atomic E-state index is -0.256. The Balaban J connectivity index is 0.991. The Morgan fingerprint density at radius 2 is 0.982 bits per heavy atom. The van der Waals surface area contributed by atoms with Gasteiger partial charge in [0, 0.05) is 32.3 Å². The molecule has 0 spiro atoms. The Labute approximate surface area is 327 Å². The quantitative estimate of drug-likeness (QED) is 0.185. The summed E-state index contributed by atoms with van der Waals surface area (Å²) in [5, 5.41) is 19.5. The number of nitrogens with one attached hydrogen (secondary N) is 2. The Kier molecular flexibility index (Phi) is 7.25. The largest absolute Gasteiger partial charge is 0.624 e. The Bertz CT molecular complexity index is 3210. The number of aromatic nitrogens is 1. The zero-order valence-electron chi connectivity index (χ0n) is 30.8. The molecule has 3 atom stereocenters. The summed E-state index contributed by atoms with van der Waals surface area (Å²) in [4.78, 5) is 0. The molecule has 0 bridgehead atoms. The van der Waals surface area contributed by atoms with Gasteiger partial charge in [-0.15, -0.1) is 0 Å². The topological polar surface area (TPSA) is 69.4 Å². The van der Waals surface area contributed by atoms with Gasteiger partial charge in [0.1, 0.15) is 16.7 Å². The molecule has 4 heterocycles. The van der Waals surface area contributed by atoms with Gasteiger partial charge in [0.25, 0.3) is 0 Å². The highest BCUT2D eigenvalue weighted by molar-refractivity contribution is 6.20. The fourth-order valence-electron chi connectivity index (χ4n) is 9.09. The maximum Gasteiger partial charge on any atom is 0.159 e. The third-order valence-electron chi connectivity index (χ3n) is 11.6. The summed E-state index contributed by atoms with van der Waals surface area (Å²) in [6.45, 7) is 0. The first kappa shape index (κ1) is 32.3. The van der Waals surface area contributed by atoms with Crippen molar-refractivity contribution in [2.24, 2.45) is 0 Å². The molecule has 1 aliphatic heterocycles. The highest BCUT2D eigenvalue weighted by Crippen LogP contribution is 2.45. The van der Waals surface area contributed by atoms with Crippen molar-refractivity contribution >= 4 is 65.7 Å². The van der Waals surface area contributed by atoms with E-state index >= 15 is 0 Å². The summed E-state index contributed by atoms with van der Waals surface area (Å²) in [6, 6.07) is 63.9. The molecule has 1 saturated heterocycles. The maximum absolute atomic E-state index is 6.85. The summed E-state index contributed by atoms with van der Waals surface area (Å²) >= 11 is 0. The second kappa shape index (κ2) is 12.8. The normalized spacial score (nSPS) is 17.4. The molecule has 2 N–H and O–H groups in total. The van der Waals surface area contributed by atoms with Crippen LogP contribution >= 0.6 is 0 Å². The molecule has 0 radical (unpaired) electrons. The molecule has 3 aromatic heterocycles. The smallest absolute Gasteiger partial charge is 0.159 e. The van der Waals surface area contributed by atoms with E-state index in [0.29, 0.717) is 0 Å². The first-order chi connectivity index (χ1) is 28.3. The number of rotatable bonds is 5. The van der Waals surface area contributed by atoms with Crippen molar-refractivity contribution in [2.45, 2.75) is 18.5 Å². The predicted octanol–water partition coefficient (Wildman–Crippen LogP) is 13.2. The SMILES string of the molecule is c1ccc(C2[N-]C(c3ccc4c(c3)oc3cccc(-c5cccc6oc7c(-n8c9ccccc9c9ccccc98)cccc7c56)c34)NC(c3ccccc3)N2)cc1. The van der Waals surface area contributed by atoms with Gasteiger partial charge in [0.05, 0.1) is 22.9 Å². The van der Waals surface area contributed by atoms with Crippen LogP contribution in [0.15, 0.2) is 191 Å². The van der Waals surface area contributed by atoms with Gasteiger partial charge in [0.2, 0.25) is 0 Å². The van der Waals surface area contributed by atoms with E-state index in [1.807, 2.05) is 12.1 Å². The van der Waals surface area contributed by atoms with Gasteiger partial charge < -0.3 is 29.4 Å². The van der Waals surface area contributed by atoms with Gasteiger partial charge in [0.15, 0.2) is 5.58 Å². The molecule has 57 heavy (non-hydrogen) atoms. The van der Waals surface area contributed by atoms with E-state index in [-0.39, 0.29) is 18.5 Å². The van der Waals surface area contributed by atoms with Crippen LogP contribution in [0, 0.1) is 0 Å². The minimum Gasteiger partial charge on any atom is -0.624 e. The van der Waals surface area contributed by atoms with Gasteiger partial charge in [-0.1, -0.05) is 163 Å². The van der Waals surface area contributed by atoms with Crippen molar-refractivity contribution < 1.29 is 8.83 Å². The highest BCUT2D eigenvalue weighted by Gasteiger charge is 2.24. The molecule has 1 aliphatic rings. The fraction of sp³-hybridized carbons (Fsp3) is 0.0588. The average Bonchev–Trinajstić information content (AvgIpc) is 3.96. The van der Waals surface area contributed by atoms with Gasteiger partial charge >= 0.3 is 0 Å². The first-order valence-corrected chi connectivity index (χ1v) is 19.5. The molecule has 0 saturated carbocycles. The lowest BCUT2D eigenvalue weighted by Crippen LogP contribution is -2.44. The van der Waals surface area contributed by atoms with Crippen molar-refractivity contribution in [3.63, 3.8) is 0 Å². The monoisotopic (exact) mass is 735 g/mol. The van der Waals surface area contributed by atoms with E-state index < -0.39 is 0 Å². The maximum atomic E-state index is 6.85. The third kappa shape index (κ3) is 5.09. The van der Waals surface area contributed by atoms with Crippen LogP contribution in [0.2, 0.25) is 0 Å². The summed E-state index contributed by atoms with van der Waals surface area (Å²) in [7, 11) is 0. The lowest BCUT2D eigenvalue weighted by Gasteiger charge is -2.50. The van der Waals surface area contributed by atoms with Gasteiger partial charge in [-0.25, -0.2) is 0 Å². The van der Waals surface area contributed by atoms with Crippen LogP contribution in [0.4, 0.5) is 0 Å². The van der Waals surface area contributed by atoms with Crippen molar-refractivity contribution in [3.8, 4) is 16.8 Å². The molecular weight excluding hydrogens is 701 g/mol. The molecule has 6 heteroatoms. The molecule has 8 aromatic carbocycles. The van der Waals surface area contributed by atoms with Crippen LogP contribution in [-0.4, -0.2) is 4.57 Å². The number of benzene rings is 8. The van der Waals surface area contributed by atoms with E-state index in [9.17, 15) is 0 Å². The molecule has 3 unspecified atom stereocenters. The van der Waals surface area contributed by atoms with Crippen LogP contribution in [-0.2, 0) is 0 Å². The van der Waals surface area contributed by atoms with E-state index in [4.69, 9.17) is 14.2 Å². The summed E-state index contributed by atoms with van der Waals surface area (Å²) in [6.07, 6.45) is -0.521. The van der Waals surface area contributed by atoms with Crippen molar-refractivity contribution in [1.82, 2.24) is 15.2 Å². The second-order valence-corrected chi connectivity index (χ2v) is 14.9. The second-order valence-electron chi connectivity index (χ2n) is 14.9. The van der Waals surface area contributed by atoms with Crippen molar-refractivity contribution in [2.75, 3.05) is 0 Å². The zero-order chi connectivity index (χ0) is 37.5. The lowest BCUT2D eigenvalue weighted by molar-refractivity contribution is 0.316. The van der Waals surface area contributed by atoms with Crippen LogP contribution < -0.4 is 10.6 Å². The van der Waals surface area contributed by atoms with Gasteiger partial charge in [-0.05, 0) is 58.7 Å². The van der Waals surface area contributed by atoms with Crippen LogP contribution in [0.1, 0.15) is 35.2 Å². The van der Waals surface area contributed by atoms with E-state index in [0.717, 1.165) is 88.4 Å². The fourth-order valence-corrected chi connectivity index (χ4v) is 9.09. The van der Waals surface area contributed by atoms with E-state index in [1.54, 1.807) is 0 Å². The number of hydrogen-bond acceptors (Lipinski definition) is 4. The van der Waals surface area contributed by atoms with E-state index in [1.165, 1.54) is 10.8 Å². The standard InChI is InChI=1S/C51H35N4O2/c1-3-14-31(15-4-1)49-52-50(32-16-5-2-6-17-32)54-51(53-49)33-28-29-38-45(30-33)56-43-26-12-20-36(46(38)43)37-21-13-27-44-47(37)39-22-11-25-42(48(39)57-44)55-40-23-9-7-18-34(40)35-19-8-10-24-41(35)55/h1-30,49-53H/q-1. The molecule has 1 fully saturated rings. The Morgan fingerprint density at radius 1 is 0.421 bits per heavy atom. The molecule has 0 aliphatic carbocycles. The zero-order valence-corrected chi connectivity index (χ0v) is 30.8. The molecule has 0 amide bonds. The Morgan fingerprint density at radius 3 is 1.68 bits per heavy atom. The Hall–Kier alpha value is -6.96. The number of fused-ring (bicyclic) bond motifs is 9. The van der Waals surface area contributed by atoms with Crippen molar-refractivity contribution in [3.05, 3.63) is 204 Å². The number of para-hydroxylation sites is 3. The summed E-state index contributed by atoms with van der Waals surface area (Å²) in [5.41, 5.74) is 12.3. The summed E-state index contributed by atoms with van der Waals surface area (Å²) in [5.74, 6) is 0. The molecular formula is C51H35N4O2-. The van der Waals surface area contributed by atoms with Crippen molar-refractivity contribution in [1.29, 1.82) is 0 Å². The van der Waals surface area contributed by atoms with Crippen LogP contribution in [0.3, 0.4) is 0 Å². The molecule has 6 nitrogen and oxygen atoms in total. The third-order valence-corrected chi connectivity index (χ3v) is 11.6. The first-order valence-electron chi connectivity index (χ1n) is 19.5. The van der Waals surface area contributed by atoms with Gasteiger partial charge in [-0.3, -0.25) is 0 Å². The highest BCUT2D eigenvalue weighted by atomic mass is 16.3. The number of hydrogen-bond donors (Lipinski definition) is 2. The average molecular weight is 736 g/mol. The lowest BCUT2D eigenvalue weighted by atomic mass is 9.95. The number of furan rings is 2. The van der Waals surface area contributed by atoms with Gasteiger partial charge in [-0.2, -0.15) is 0 Å². The van der Waals surface area contributed by atoms with Crippen LogP contribution in [0.5, 0.6) is 0 Å². The number of nitrogens with zero attached hydrogens (tertiary/aromatic N) is 2. The summed E-state index contributed by atoms with van der Waals surface area (Å²) < 4.78 is 15.9. The minimum absolute atomic E-state index is 0.0855. The molecule has 12 rings (SSSR count). The van der Waals surface area contributed by atoms with E-state index in [2.05, 4.69) is 185 Å². The van der Waals surface area contributed by atoms with Crippen LogP contribution in [0.25, 0.3) is 87.8 Å². The molecule has 272 valence electrons.